The Morgan fingerprint density at radius 1 is 1.12 bits per heavy atom. The number of benzene rings is 2. The van der Waals surface area contributed by atoms with E-state index in [1.165, 1.54) is 12.1 Å². The quantitative estimate of drug-likeness (QED) is 0.707. The van der Waals surface area contributed by atoms with E-state index in [1.54, 1.807) is 16.8 Å². The number of rotatable bonds is 3. The van der Waals surface area contributed by atoms with Gasteiger partial charge in [-0.25, -0.2) is 9.07 Å². The van der Waals surface area contributed by atoms with Gasteiger partial charge in [0.1, 0.15) is 5.82 Å². The zero-order valence-corrected chi connectivity index (χ0v) is 14.6. The smallest absolute Gasteiger partial charge is 0.274 e. The van der Waals surface area contributed by atoms with E-state index >= 15 is 0 Å². The van der Waals surface area contributed by atoms with Crippen molar-refractivity contribution in [3.8, 4) is 5.69 Å². The first kappa shape index (κ1) is 16.5. The Bertz CT molecular complexity index is 918. The van der Waals surface area contributed by atoms with Crippen molar-refractivity contribution in [2.45, 2.75) is 25.8 Å². The molecule has 3 aromatic rings. The van der Waals surface area contributed by atoms with Crippen LogP contribution in [-0.2, 0) is 0 Å². The number of nitrogens with zero attached hydrogens (tertiary/aromatic N) is 3. The van der Waals surface area contributed by atoms with Gasteiger partial charge in [0.2, 0.25) is 0 Å². The van der Waals surface area contributed by atoms with Crippen LogP contribution in [0.15, 0.2) is 60.7 Å². The maximum absolute atomic E-state index is 13.2. The van der Waals surface area contributed by atoms with Crippen molar-refractivity contribution < 1.29 is 9.18 Å². The molecule has 26 heavy (non-hydrogen) atoms. The number of para-hydroxylation sites is 1. The van der Waals surface area contributed by atoms with E-state index in [1.807, 2.05) is 48.2 Å². The van der Waals surface area contributed by atoms with Gasteiger partial charge in [-0.3, -0.25) is 4.79 Å². The topological polar surface area (TPSA) is 38.1 Å². The molecule has 2 heterocycles. The molecule has 1 atom stereocenters. The second kappa shape index (κ2) is 6.75. The van der Waals surface area contributed by atoms with Crippen LogP contribution in [0.25, 0.3) is 5.69 Å². The average molecular weight is 349 g/mol. The molecule has 4 rings (SSSR count). The summed E-state index contributed by atoms with van der Waals surface area (Å²) >= 11 is 0. The van der Waals surface area contributed by atoms with Gasteiger partial charge in [0, 0.05) is 12.2 Å². The Morgan fingerprint density at radius 3 is 2.58 bits per heavy atom. The van der Waals surface area contributed by atoms with E-state index in [9.17, 15) is 9.18 Å². The Kier molecular flexibility index (Phi) is 4.29. The average Bonchev–Trinajstić information content (AvgIpc) is 3.29. The Hall–Kier alpha value is -2.95. The summed E-state index contributed by atoms with van der Waals surface area (Å²) in [6.45, 7) is 2.64. The van der Waals surface area contributed by atoms with Gasteiger partial charge < -0.3 is 4.90 Å². The number of aromatic nitrogens is 2. The summed E-state index contributed by atoms with van der Waals surface area (Å²) < 4.78 is 15.0. The number of amides is 1. The van der Waals surface area contributed by atoms with E-state index in [0.717, 1.165) is 29.8 Å². The molecule has 0 radical (unpaired) electrons. The van der Waals surface area contributed by atoms with Gasteiger partial charge in [-0.1, -0.05) is 30.3 Å². The van der Waals surface area contributed by atoms with Gasteiger partial charge in [0.05, 0.1) is 11.7 Å². The van der Waals surface area contributed by atoms with E-state index < -0.39 is 0 Å². The molecule has 1 unspecified atom stereocenters. The lowest BCUT2D eigenvalue weighted by Gasteiger charge is -2.24. The molecule has 1 aromatic heterocycles. The first-order valence-corrected chi connectivity index (χ1v) is 8.82. The molecule has 0 bridgehead atoms. The van der Waals surface area contributed by atoms with Crippen LogP contribution in [-0.4, -0.2) is 27.1 Å². The minimum Gasteiger partial charge on any atom is -0.330 e. The SMILES string of the molecule is Cc1cc(C(=O)N2CCCC2c2ccc(F)cc2)nn1-c1ccccc1. The molecule has 0 saturated carbocycles. The van der Waals surface area contributed by atoms with Gasteiger partial charge in [-0.2, -0.15) is 5.10 Å². The fourth-order valence-corrected chi connectivity index (χ4v) is 3.60. The normalized spacial score (nSPS) is 16.8. The number of aryl methyl sites for hydroxylation is 1. The molecule has 1 aliphatic heterocycles. The molecular formula is C21H20FN3O. The minimum atomic E-state index is -0.262. The standard InChI is InChI=1S/C21H20FN3O/c1-15-14-19(23-25(15)18-6-3-2-4-7-18)21(26)24-13-5-8-20(24)16-9-11-17(22)12-10-16/h2-4,6-7,9-12,14,20H,5,8,13H2,1H3. The van der Waals surface area contributed by atoms with Gasteiger partial charge in [-0.05, 0) is 55.7 Å². The summed E-state index contributed by atoms with van der Waals surface area (Å²) in [5, 5.41) is 4.53. The third kappa shape index (κ3) is 3.01. The van der Waals surface area contributed by atoms with Crippen molar-refractivity contribution in [3.05, 3.63) is 83.4 Å². The predicted molar refractivity (Wildman–Crippen MR) is 97.7 cm³/mol. The Labute approximate surface area is 151 Å². The highest BCUT2D eigenvalue weighted by Gasteiger charge is 2.32. The van der Waals surface area contributed by atoms with Crippen LogP contribution in [0, 0.1) is 12.7 Å². The van der Waals surface area contributed by atoms with Crippen molar-refractivity contribution in [1.29, 1.82) is 0 Å². The number of carbonyl (C=O) groups is 1. The van der Waals surface area contributed by atoms with Gasteiger partial charge >= 0.3 is 0 Å². The zero-order chi connectivity index (χ0) is 18.1. The molecule has 1 amide bonds. The number of halogens is 1. The van der Waals surface area contributed by atoms with Crippen LogP contribution in [0.3, 0.4) is 0 Å². The number of hydrogen-bond acceptors (Lipinski definition) is 2. The molecular weight excluding hydrogens is 329 g/mol. The highest BCUT2D eigenvalue weighted by Crippen LogP contribution is 2.33. The minimum absolute atomic E-state index is 0.0229. The van der Waals surface area contributed by atoms with Crippen LogP contribution in [0.4, 0.5) is 4.39 Å². The van der Waals surface area contributed by atoms with Crippen molar-refractivity contribution in [2.24, 2.45) is 0 Å². The summed E-state index contributed by atoms with van der Waals surface area (Å²) in [6, 6.07) is 18.0. The maximum atomic E-state index is 13.2. The van der Waals surface area contributed by atoms with Crippen molar-refractivity contribution in [1.82, 2.24) is 14.7 Å². The van der Waals surface area contributed by atoms with Gasteiger partial charge in [0.15, 0.2) is 5.69 Å². The highest BCUT2D eigenvalue weighted by molar-refractivity contribution is 5.93. The van der Waals surface area contributed by atoms with Crippen molar-refractivity contribution in [3.63, 3.8) is 0 Å². The number of likely N-dealkylation sites (tertiary alicyclic amines) is 1. The molecule has 0 spiro atoms. The molecule has 1 aliphatic rings. The number of carbonyl (C=O) groups excluding carboxylic acids is 1. The van der Waals surface area contributed by atoms with E-state index in [4.69, 9.17) is 0 Å². The lowest BCUT2D eigenvalue weighted by molar-refractivity contribution is 0.0729. The monoisotopic (exact) mass is 349 g/mol. The molecule has 0 aliphatic carbocycles. The highest BCUT2D eigenvalue weighted by atomic mass is 19.1. The molecule has 4 nitrogen and oxygen atoms in total. The lowest BCUT2D eigenvalue weighted by atomic mass is 10.0. The third-order valence-corrected chi connectivity index (χ3v) is 4.88. The van der Waals surface area contributed by atoms with Gasteiger partial charge in [0.25, 0.3) is 5.91 Å². The van der Waals surface area contributed by atoms with Crippen LogP contribution in [0.1, 0.15) is 40.6 Å². The summed E-state index contributed by atoms with van der Waals surface area (Å²) in [5.41, 5.74) is 3.26. The summed E-state index contributed by atoms with van der Waals surface area (Å²) in [7, 11) is 0. The summed E-state index contributed by atoms with van der Waals surface area (Å²) in [6.07, 6.45) is 1.82. The second-order valence-electron chi connectivity index (χ2n) is 6.63. The van der Waals surface area contributed by atoms with Crippen molar-refractivity contribution >= 4 is 5.91 Å². The van der Waals surface area contributed by atoms with Crippen LogP contribution in [0.5, 0.6) is 0 Å². The molecule has 5 heteroatoms. The summed E-state index contributed by atoms with van der Waals surface area (Å²) in [5.74, 6) is -0.337. The van der Waals surface area contributed by atoms with Crippen LogP contribution >= 0.6 is 0 Å². The first-order valence-electron chi connectivity index (χ1n) is 8.82. The fourth-order valence-electron chi connectivity index (χ4n) is 3.60. The van der Waals surface area contributed by atoms with E-state index in [0.29, 0.717) is 12.2 Å². The number of hydrogen-bond donors (Lipinski definition) is 0. The van der Waals surface area contributed by atoms with Crippen LogP contribution in [0.2, 0.25) is 0 Å². The van der Waals surface area contributed by atoms with Crippen molar-refractivity contribution in [2.75, 3.05) is 6.54 Å². The molecule has 1 fully saturated rings. The Balaban J connectivity index is 1.62. The van der Waals surface area contributed by atoms with Crippen LogP contribution < -0.4 is 0 Å². The van der Waals surface area contributed by atoms with E-state index in [-0.39, 0.29) is 17.8 Å². The largest absolute Gasteiger partial charge is 0.330 e. The second-order valence-corrected chi connectivity index (χ2v) is 6.63. The maximum Gasteiger partial charge on any atom is 0.274 e. The first-order chi connectivity index (χ1) is 12.6. The zero-order valence-electron chi connectivity index (χ0n) is 14.6. The lowest BCUT2D eigenvalue weighted by Crippen LogP contribution is -2.31. The molecule has 0 N–H and O–H groups in total. The molecule has 132 valence electrons. The third-order valence-electron chi connectivity index (χ3n) is 4.88. The predicted octanol–water partition coefficient (Wildman–Crippen LogP) is 4.30. The van der Waals surface area contributed by atoms with E-state index in [2.05, 4.69) is 5.10 Å². The Morgan fingerprint density at radius 2 is 1.85 bits per heavy atom. The molecule has 1 saturated heterocycles. The summed E-state index contributed by atoms with van der Waals surface area (Å²) in [4.78, 5) is 14.9. The molecule has 2 aromatic carbocycles. The van der Waals surface area contributed by atoms with Gasteiger partial charge in [-0.15, -0.1) is 0 Å². The fraction of sp³-hybridized carbons (Fsp3) is 0.238.